The quantitative estimate of drug-likeness (QED) is 0.648. The van der Waals surface area contributed by atoms with Crippen molar-refractivity contribution in [2.45, 2.75) is 6.42 Å². The first-order chi connectivity index (χ1) is 10.5. The molecule has 7 nitrogen and oxygen atoms in total. The lowest BCUT2D eigenvalue weighted by Crippen LogP contribution is -2.04. The van der Waals surface area contributed by atoms with Crippen LogP contribution in [0.5, 0.6) is 0 Å². The van der Waals surface area contributed by atoms with Crippen molar-refractivity contribution in [1.82, 2.24) is 0 Å². The largest absolute Gasteiger partial charge is 0.354 e. The zero-order valence-electron chi connectivity index (χ0n) is 11.6. The van der Waals surface area contributed by atoms with E-state index in [-0.39, 0.29) is 17.1 Å². The number of benzene rings is 2. The minimum atomic E-state index is -0.671. The number of anilines is 1. The molecule has 2 aromatic carbocycles. The van der Waals surface area contributed by atoms with Crippen molar-refractivity contribution >= 4 is 17.1 Å². The number of rotatable bonds is 6. The van der Waals surface area contributed by atoms with Crippen molar-refractivity contribution in [3.05, 3.63) is 86.6 Å². The number of nitro groups is 2. The summed E-state index contributed by atoms with van der Waals surface area (Å²) in [5.74, 6) is 0. The summed E-state index contributed by atoms with van der Waals surface area (Å²) in [7, 11) is 0. The highest BCUT2D eigenvalue weighted by atomic mass is 16.6. The Morgan fingerprint density at radius 1 is 1.05 bits per heavy atom. The number of allylic oxidation sites excluding steroid dienone is 1. The van der Waals surface area contributed by atoms with E-state index in [0.29, 0.717) is 12.1 Å². The highest BCUT2D eigenvalue weighted by Gasteiger charge is 2.19. The SMILES string of the molecule is C=C(Cc1ccccc1)Nc1ccc([N+](=O)[O-])cc1[N+](=O)[O-]. The zero-order valence-corrected chi connectivity index (χ0v) is 11.6. The Balaban J connectivity index is 2.20. The summed E-state index contributed by atoms with van der Waals surface area (Å²) in [5, 5.41) is 24.6. The van der Waals surface area contributed by atoms with Crippen molar-refractivity contribution in [2.24, 2.45) is 0 Å². The lowest BCUT2D eigenvalue weighted by molar-refractivity contribution is -0.393. The molecule has 0 atom stereocenters. The average Bonchev–Trinajstić information content (AvgIpc) is 2.48. The molecule has 0 spiro atoms. The molecule has 0 aliphatic rings. The summed E-state index contributed by atoms with van der Waals surface area (Å²) in [5.41, 5.74) is 1.05. The molecule has 22 heavy (non-hydrogen) atoms. The monoisotopic (exact) mass is 299 g/mol. The third-order valence-electron chi connectivity index (χ3n) is 2.96. The molecule has 0 saturated heterocycles. The molecule has 2 rings (SSSR count). The van der Waals surface area contributed by atoms with E-state index in [2.05, 4.69) is 11.9 Å². The molecule has 0 bridgehead atoms. The fourth-order valence-electron chi connectivity index (χ4n) is 1.97. The first-order valence-electron chi connectivity index (χ1n) is 6.39. The van der Waals surface area contributed by atoms with Gasteiger partial charge in [-0.2, -0.15) is 0 Å². The van der Waals surface area contributed by atoms with E-state index < -0.39 is 9.85 Å². The van der Waals surface area contributed by atoms with Crippen LogP contribution in [0, 0.1) is 20.2 Å². The van der Waals surface area contributed by atoms with Crippen LogP contribution in [0.3, 0.4) is 0 Å². The van der Waals surface area contributed by atoms with Crippen molar-refractivity contribution in [3.8, 4) is 0 Å². The Bertz CT molecular complexity index is 729. The van der Waals surface area contributed by atoms with Gasteiger partial charge in [-0.25, -0.2) is 0 Å². The van der Waals surface area contributed by atoms with E-state index in [0.717, 1.165) is 11.6 Å². The van der Waals surface area contributed by atoms with Crippen molar-refractivity contribution < 1.29 is 9.85 Å². The summed E-state index contributed by atoms with van der Waals surface area (Å²) in [6, 6.07) is 12.9. The van der Waals surface area contributed by atoms with Gasteiger partial charge in [0.25, 0.3) is 11.4 Å². The highest BCUT2D eigenvalue weighted by Crippen LogP contribution is 2.30. The number of nitro benzene ring substituents is 2. The predicted octanol–water partition coefficient (Wildman–Crippen LogP) is 3.67. The Morgan fingerprint density at radius 3 is 2.32 bits per heavy atom. The van der Waals surface area contributed by atoms with Crippen LogP contribution in [0.4, 0.5) is 17.1 Å². The third-order valence-corrected chi connectivity index (χ3v) is 2.96. The van der Waals surface area contributed by atoms with E-state index in [4.69, 9.17) is 0 Å². The normalized spacial score (nSPS) is 10.0. The second-order valence-corrected chi connectivity index (χ2v) is 4.61. The molecule has 0 saturated carbocycles. The number of hydrogen-bond donors (Lipinski definition) is 1. The number of hydrogen-bond acceptors (Lipinski definition) is 5. The van der Waals surface area contributed by atoms with Gasteiger partial charge in [0.15, 0.2) is 0 Å². The minimum absolute atomic E-state index is 0.177. The van der Waals surface area contributed by atoms with Crippen molar-refractivity contribution in [2.75, 3.05) is 5.32 Å². The summed E-state index contributed by atoms with van der Waals surface area (Å²) in [6.45, 7) is 3.84. The van der Waals surface area contributed by atoms with Crippen LogP contribution >= 0.6 is 0 Å². The van der Waals surface area contributed by atoms with Crippen LogP contribution < -0.4 is 5.32 Å². The minimum Gasteiger partial charge on any atom is -0.354 e. The molecule has 0 amide bonds. The fraction of sp³-hybridized carbons (Fsp3) is 0.0667. The van der Waals surface area contributed by atoms with Crippen LogP contribution in [0.2, 0.25) is 0 Å². The molecule has 0 aliphatic carbocycles. The van der Waals surface area contributed by atoms with Crippen LogP contribution in [0.1, 0.15) is 5.56 Å². The van der Waals surface area contributed by atoms with E-state index in [1.807, 2.05) is 30.3 Å². The van der Waals surface area contributed by atoms with Gasteiger partial charge in [-0.15, -0.1) is 0 Å². The Kier molecular flexibility index (Phi) is 4.47. The summed E-state index contributed by atoms with van der Waals surface area (Å²) in [4.78, 5) is 20.4. The van der Waals surface area contributed by atoms with Gasteiger partial charge >= 0.3 is 0 Å². The molecule has 2 aromatic rings. The summed E-state index contributed by atoms with van der Waals surface area (Å²) in [6.07, 6.45) is 0.495. The van der Waals surface area contributed by atoms with Crippen LogP contribution in [-0.2, 0) is 6.42 Å². The van der Waals surface area contributed by atoms with Gasteiger partial charge in [0.2, 0.25) is 0 Å². The van der Waals surface area contributed by atoms with Gasteiger partial charge in [0.1, 0.15) is 5.69 Å². The Labute approximate surface area is 126 Å². The number of non-ortho nitro benzene ring substituents is 1. The van der Waals surface area contributed by atoms with E-state index >= 15 is 0 Å². The Morgan fingerprint density at radius 2 is 1.73 bits per heavy atom. The van der Waals surface area contributed by atoms with Crippen LogP contribution in [-0.4, -0.2) is 9.85 Å². The van der Waals surface area contributed by atoms with E-state index in [1.165, 1.54) is 12.1 Å². The molecular weight excluding hydrogens is 286 g/mol. The van der Waals surface area contributed by atoms with Crippen LogP contribution in [0.15, 0.2) is 60.8 Å². The first-order valence-corrected chi connectivity index (χ1v) is 6.39. The van der Waals surface area contributed by atoms with Gasteiger partial charge < -0.3 is 5.32 Å². The molecule has 0 aromatic heterocycles. The fourth-order valence-corrected chi connectivity index (χ4v) is 1.97. The molecule has 0 radical (unpaired) electrons. The molecule has 1 N–H and O–H groups in total. The maximum Gasteiger partial charge on any atom is 0.299 e. The number of nitrogens with zero attached hydrogens (tertiary/aromatic N) is 2. The lowest BCUT2D eigenvalue weighted by atomic mass is 10.1. The van der Waals surface area contributed by atoms with Crippen molar-refractivity contribution in [1.29, 1.82) is 0 Å². The maximum absolute atomic E-state index is 11.0. The van der Waals surface area contributed by atoms with Crippen molar-refractivity contribution in [3.63, 3.8) is 0 Å². The van der Waals surface area contributed by atoms with Crippen LogP contribution in [0.25, 0.3) is 0 Å². The predicted molar refractivity (Wildman–Crippen MR) is 82.7 cm³/mol. The molecule has 112 valence electrons. The van der Waals surface area contributed by atoms with Gasteiger partial charge in [-0.1, -0.05) is 36.9 Å². The first kappa shape index (κ1) is 15.2. The number of nitrogens with one attached hydrogen (secondary N) is 1. The third kappa shape index (κ3) is 3.66. The lowest BCUT2D eigenvalue weighted by Gasteiger charge is -2.10. The average molecular weight is 299 g/mol. The maximum atomic E-state index is 11.0. The molecule has 0 aliphatic heterocycles. The highest BCUT2D eigenvalue weighted by molar-refractivity contribution is 5.67. The van der Waals surface area contributed by atoms with E-state index in [1.54, 1.807) is 0 Å². The Hall–Kier alpha value is -3.22. The van der Waals surface area contributed by atoms with Gasteiger partial charge in [-0.3, -0.25) is 20.2 Å². The van der Waals surface area contributed by atoms with Gasteiger partial charge in [0.05, 0.1) is 15.9 Å². The smallest absolute Gasteiger partial charge is 0.299 e. The van der Waals surface area contributed by atoms with Gasteiger partial charge in [0, 0.05) is 18.2 Å². The molecule has 0 unspecified atom stereocenters. The molecule has 0 heterocycles. The second kappa shape index (κ2) is 6.49. The summed E-state index contributed by atoms with van der Waals surface area (Å²) < 4.78 is 0. The standard InChI is InChI=1S/C15H13N3O4/c1-11(9-12-5-3-2-4-6-12)16-14-8-7-13(17(19)20)10-15(14)18(21)22/h2-8,10,16H,1,9H2. The molecule has 0 fully saturated rings. The second-order valence-electron chi connectivity index (χ2n) is 4.61. The summed E-state index contributed by atoms with van der Waals surface area (Å²) >= 11 is 0. The molecule has 7 heteroatoms. The topological polar surface area (TPSA) is 98.3 Å². The zero-order chi connectivity index (χ0) is 16.1. The molecular formula is C15H13N3O4. The van der Waals surface area contributed by atoms with E-state index in [9.17, 15) is 20.2 Å². The van der Waals surface area contributed by atoms with Gasteiger partial charge in [-0.05, 0) is 11.6 Å².